The topological polar surface area (TPSA) is 95.9 Å². The molecule has 0 saturated heterocycles. The number of amides is 1. The van der Waals surface area contributed by atoms with E-state index in [-0.39, 0.29) is 24.9 Å². The Balaban J connectivity index is 4.66. The highest BCUT2D eigenvalue weighted by molar-refractivity contribution is 5.77. The molecule has 0 aromatic rings. The predicted octanol–water partition coefficient (Wildman–Crippen LogP) is 19.5. The molecule has 1 amide bonds. The Hall–Kier alpha value is -2.96. The largest absolute Gasteiger partial charge is 0.462 e. The standard InChI is InChI=1S/C66H117NO5/c1-4-7-10-13-16-19-22-25-28-31-32-35-38-41-44-47-50-53-56-59-66(71)72-62(57-54-51-48-45-42-39-36-33-29-26-23-20-17-14-11-8-5-2)60-65(70)67-63(61-68)64(69)58-55-52-49-46-43-40-37-34-30-27-24-21-18-15-12-9-6-3/h16-17,19-20,25-26,28-29,32,35-36,39,45,48,62-64,68-69H,4-15,18,21-24,27,30-31,33-34,37-38,40-44,46-47,49-61H2,1-3H3,(H,67,70)/b19-16-,20-17-,28-25-,29-26-,35-32-,39-36-,48-45-. The molecule has 6 nitrogen and oxygen atoms in total. The van der Waals surface area contributed by atoms with Gasteiger partial charge in [-0.25, -0.2) is 0 Å². The highest BCUT2D eigenvalue weighted by Gasteiger charge is 2.24. The smallest absolute Gasteiger partial charge is 0.306 e. The summed E-state index contributed by atoms with van der Waals surface area (Å²) < 4.78 is 5.94. The molecule has 0 aromatic heterocycles. The van der Waals surface area contributed by atoms with Gasteiger partial charge in [-0.15, -0.1) is 0 Å². The molecule has 0 radical (unpaired) electrons. The van der Waals surface area contributed by atoms with Gasteiger partial charge in [0.05, 0.1) is 25.2 Å². The van der Waals surface area contributed by atoms with E-state index >= 15 is 0 Å². The third-order valence-corrected chi connectivity index (χ3v) is 13.7. The van der Waals surface area contributed by atoms with Crippen LogP contribution in [0.4, 0.5) is 0 Å². The van der Waals surface area contributed by atoms with Gasteiger partial charge in [0.1, 0.15) is 6.10 Å². The van der Waals surface area contributed by atoms with Crippen LogP contribution >= 0.6 is 0 Å². The molecule has 0 spiro atoms. The third-order valence-electron chi connectivity index (χ3n) is 13.7. The lowest BCUT2D eigenvalue weighted by molar-refractivity contribution is -0.151. The van der Waals surface area contributed by atoms with Gasteiger partial charge in [-0.05, 0) is 103 Å². The van der Waals surface area contributed by atoms with Crippen LogP contribution in [0.3, 0.4) is 0 Å². The maximum absolute atomic E-state index is 13.3. The van der Waals surface area contributed by atoms with Gasteiger partial charge in [0, 0.05) is 6.42 Å². The zero-order chi connectivity index (χ0) is 52.3. The maximum atomic E-state index is 13.3. The summed E-state index contributed by atoms with van der Waals surface area (Å²) in [6, 6.07) is -0.728. The summed E-state index contributed by atoms with van der Waals surface area (Å²) in [4.78, 5) is 26.3. The van der Waals surface area contributed by atoms with Crippen molar-refractivity contribution in [3.05, 3.63) is 85.1 Å². The van der Waals surface area contributed by atoms with Gasteiger partial charge in [-0.3, -0.25) is 9.59 Å². The highest BCUT2D eigenvalue weighted by atomic mass is 16.5. The molecule has 0 saturated carbocycles. The monoisotopic (exact) mass is 1000 g/mol. The van der Waals surface area contributed by atoms with E-state index in [1.165, 1.54) is 161 Å². The van der Waals surface area contributed by atoms with E-state index in [0.717, 1.165) is 89.9 Å². The van der Waals surface area contributed by atoms with Crippen molar-refractivity contribution in [3.63, 3.8) is 0 Å². The fraction of sp³-hybridized carbons (Fsp3) is 0.758. The lowest BCUT2D eigenvalue weighted by atomic mass is 10.0. The predicted molar refractivity (Wildman–Crippen MR) is 314 cm³/mol. The first kappa shape index (κ1) is 69.0. The van der Waals surface area contributed by atoms with Crippen LogP contribution in [0.15, 0.2) is 85.1 Å². The van der Waals surface area contributed by atoms with Crippen LogP contribution in [0.5, 0.6) is 0 Å². The van der Waals surface area contributed by atoms with E-state index in [4.69, 9.17) is 4.74 Å². The molecule has 3 atom stereocenters. The molecule has 0 aliphatic heterocycles. The second kappa shape index (κ2) is 58.9. The number of carbonyl (C=O) groups is 2. The van der Waals surface area contributed by atoms with Crippen molar-refractivity contribution in [1.82, 2.24) is 5.32 Å². The summed E-state index contributed by atoms with van der Waals surface area (Å²) in [5.74, 6) is -0.538. The summed E-state index contributed by atoms with van der Waals surface area (Å²) in [5, 5.41) is 23.9. The SMILES string of the molecule is CCCCC/C=C\C/C=C\C/C=C\C/C=C\CCCC(CC(=O)NC(CO)C(O)CCCCCCCCCCCCCCCCCCC)OC(=O)CCCCCCCC/C=C\C/C=C\C/C=C\CCCCC. The first-order chi connectivity index (χ1) is 35.5. The van der Waals surface area contributed by atoms with Crippen molar-refractivity contribution >= 4 is 11.9 Å². The average molecular weight is 1000 g/mol. The first-order valence-electron chi connectivity index (χ1n) is 30.8. The van der Waals surface area contributed by atoms with Crippen LogP contribution in [0.2, 0.25) is 0 Å². The second-order valence-electron chi connectivity index (χ2n) is 20.7. The molecule has 0 heterocycles. The van der Waals surface area contributed by atoms with E-state index in [1.807, 2.05) is 0 Å². The third kappa shape index (κ3) is 53.3. The van der Waals surface area contributed by atoms with Crippen LogP contribution in [-0.2, 0) is 14.3 Å². The fourth-order valence-electron chi connectivity index (χ4n) is 9.02. The van der Waals surface area contributed by atoms with Gasteiger partial charge in [0.15, 0.2) is 0 Å². The number of aliphatic hydroxyl groups is 2. The zero-order valence-corrected chi connectivity index (χ0v) is 47.5. The van der Waals surface area contributed by atoms with Gasteiger partial charge in [-0.1, -0.05) is 266 Å². The fourth-order valence-corrected chi connectivity index (χ4v) is 9.02. The molecule has 72 heavy (non-hydrogen) atoms. The first-order valence-corrected chi connectivity index (χ1v) is 30.8. The van der Waals surface area contributed by atoms with Gasteiger partial charge >= 0.3 is 5.97 Å². The lowest BCUT2D eigenvalue weighted by Gasteiger charge is -2.24. The van der Waals surface area contributed by atoms with Crippen molar-refractivity contribution in [3.8, 4) is 0 Å². The zero-order valence-electron chi connectivity index (χ0n) is 47.5. The maximum Gasteiger partial charge on any atom is 0.306 e. The number of nitrogens with one attached hydrogen (secondary N) is 1. The van der Waals surface area contributed by atoms with Gasteiger partial charge in [0.2, 0.25) is 5.91 Å². The van der Waals surface area contributed by atoms with Gasteiger partial charge < -0.3 is 20.3 Å². The molecule has 6 heteroatoms. The molecule has 3 N–H and O–H groups in total. The van der Waals surface area contributed by atoms with Crippen LogP contribution < -0.4 is 5.32 Å². The van der Waals surface area contributed by atoms with E-state index in [1.54, 1.807) is 0 Å². The Morgan fingerprint density at radius 3 is 1.12 bits per heavy atom. The minimum atomic E-state index is -0.810. The minimum Gasteiger partial charge on any atom is -0.462 e. The number of hydrogen-bond donors (Lipinski definition) is 3. The summed E-state index contributed by atoms with van der Waals surface area (Å²) in [6.07, 6.45) is 77.9. The molecule has 0 bridgehead atoms. The van der Waals surface area contributed by atoms with Crippen LogP contribution in [0, 0.1) is 0 Å². The van der Waals surface area contributed by atoms with E-state index in [0.29, 0.717) is 19.3 Å². The van der Waals surface area contributed by atoms with Crippen molar-refractivity contribution in [2.75, 3.05) is 6.61 Å². The average Bonchev–Trinajstić information content (AvgIpc) is 3.37. The van der Waals surface area contributed by atoms with Crippen LogP contribution in [-0.4, -0.2) is 46.9 Å². The highest BCUT2D eigenvalue weighted by Crippen LogP contribution is 2.18. The van der Waals surface area contributed by atoms with Crippen molar-refractivity contribution < 1.29 is 24.5 Å². The Labute approximate surface area is 446 Å². The quantitative estimate of drug-likeness (QED) is 0.0320. The molecule has 0 aromatic carbocycles. The number of hydrogen-bond acceptors (Lipinski definition) is 5. The Morgan fingerprint density at radius 2 is 0.722 bits per heavy atom. The number of ether oxygens (including phenoxy) is 1. The number of rotatable bonds is 55. The summed E-state index contributed by atoms with van der Waals surface area (Å²) in [6.45, 7) is 6.44. The number of esters is 1. The molecular weight excluding hydrogens is 887 g/mol. The Morgan fingerprint density at radius 1 is 0.403 bits per heavy atom. The summed E-state index contributed by atoms with van der Waals surface area (Å²) in [5.41, 5.74) is 0. The number of carbonyl (C=O) groups excluding carboxylic acids is 2. The Bertz CT molecular complexity index is 1360. The van der Waals surface area contributed by atoms with Crippen molar-refractivity contribution in [2.24, 2.45) is 0 Å². The summed E-state index contributed by atoms with van der Waals surface area (Å²) in [7, 11) is 0. The van der Waals surface area contributed by atoms with Crippen LogP contribution in [0.25, 0.3) is 0 Å². The van der Waals surface area contributed by atoms with E-state index in [2.05, 4.69) is 111 Å². The molecule has 0 rings (SSSR count). The Kier molecular flexibility index (Phi) is 56.5. The van der Waals surface area contributed by atoms with E-state index in [9.17, 15) is 19.8 Å². The van der Waals surface area contributed by atoms with Crippen LogP contribution in [0.1, 0.15) is 297 Å². The van der Waals surface area contributed by atoms with Crippen molar-refractivity contribution in [1.29, 1.82) is 0 Å². The molecule has 3 unspecified atom stereocenters. The van der Waals surface area contributed by atoms with Gasteiger partial charge in [-0.2, -0.15) is 0 Å². The molecule has 0 aliphatic rings. The molecule has 416 valence electrons. The number of aliphatic hydroxyl groups excluding tert-OH is 2. The normalized spacial score (nSPS) is 13.7. The lowest BCUT2D eigenvalue weighted by Crippen LogP contribution is -2.46. The van der Waals surface area contributed by atoms with Gasteiger partial charge in [0.25, 0.3) is 0 Å². The summed E-state index contributed by atoms with van der Waals surface area (Å²) >= 11 is 0. The number of unbranched alkanes of at least 4 members (excludes halogenated alkanes) is 29. The number of allylic oxidation sites excluding steroid dienone is 14. The van der Waals surface area contributed by atoms with Crippen molar-refractivity contribution in [2.45, 2.75) is 315 Å². The van der Waals surface area contributed by atoms with E-state index < -0.39 is 18.2 Å². The minimum absolute atomic E-state index is 0.0317. The molecule has 0 aliphatic carbocycles. The molecule has 0 fully saturated rings. The second-order valence-corrected chi connectivity index (χ2v) is 20.7. The molecular formula is C66H117NO5.